The van der Waals surface area contributed by atoms with Gasteiger partial charge in [-0.15, -0.1) is 0 Å². The molecule has 4 aromatic carbocycles. The van der Waals surface area contributed by atoms with Crippen LogP contribution in [0.15, 0.2) is 93.5 Å². The number of hydrogen-bond donors (Lipinski definition) is 0. The number of hydrogen-bond acceptors (Lipinski definition) is 10. The van der Waals surface area contributed by atoms with Crippen LogP contribution in [0.1, 0.15) is 34.6 Å². The summed E-state index contributed by atoms with van der Waals surface area (Å²) in [5.74, 6) is -1.26. The minimum Gasteiger partial charge on any atom is -0.493 e. The van der Waals surface area contributed by atoms with Crippen molar-refractivity contribution in [3.8, 4) is 11.5 Å². The maximum atomic E-state index is 14.9. The van der Waals surface area contributed by atoms with Gasteiger partial charge in [-0.05, 0) is 63.6 Å². The largest absolute Gasteiger partial charge is 0.493 e. The van der Waals surface area contributed by atoms with Crippen molar-refractivity contribution in [3.63, 3.8) is 0 Å². The minimum absolute atomic E-state index is 0.00957. The second-order valence-electron chi connectivity index (χ2n) is 11.9. The van der Waals surface area contributed by atoms with Crippen molar-refractivity contribution >= 4 is 41.4 Å². The number of benzene rings is 4. The molecule has 1 aliphatic heterocycles. The zero-order chi connectivity index (χ0) is 36.6. The van der Waals surface area contributed by atoms with Gasteiger partial charge in [0.15, 0.2) is 17.8 Å². The van der Waals surface area contributed by atoms with Crippen LogP contribution in [0.2, 0.25) is 0 Å². The highest BCUT2D eigenvalue weighted by molar-refractivity contribution is 8.10. The Bertz CT molecular complexity index is 2110. The lowest BCUT2D eigenvalue weighted by molar-refractivity contribution is -0.119. The average molecular weight is 745 g/mol. The van der Waals surface area contributed by atoms with E-state index in [9.17, 15) is 25.3 Å². The van der Waals surface area contributed by atoms with Crippen molar-refractivity contribution in [2.75, 3.05) is 43.0 Å². The molecule has 1 heterocycles. The third-order valence-corrected chi connectivity index (χ3v) is 14.6. The second-order valence-corrected chi connectivity index (χ2v) is 17.5. The second kappa shape index (κ2) is 14.2. The van der Waals surface area contributed by atoms with Gasteiger partial charge >= 0.3 is 0 Å². The van der Waals surface area contributed by atoms with Gasteiger partial charge in [0.1, 0.15) is 5.69 Å². The van der Waals surface area contributed by atoms with Crippen LogP contribution >= 0.6 is 0 Å². The van der Waals surface area contributed by atoms with Gasteiger partial charge in [0.25, 0.3) is 30.1 Å². The van der Waals surface area contributed by atoms with Gasteiger partial charge in [0.05, 0.1) is 34.6 Å². The molecule has 0 radical (unpaired) electrons. The fourth-order valence-corrected chi connectivity index (χ4v) is 11.2. The molecule has 0 amide bonds. The van der Waals surface area contributed by atoms with Crippen LogP contribution in [-0.4, -0.2) is 66.5 Å². The van der Waals surface area contributed by atoms with Crippen LogP contribution < -0.4 is 17.5 Å². The summed E-state index contributed by atoms with van der Waals surface area (Å²) in [6.07, 6.45) is -1.00. The van der Waals surface area contributed by atoms with Crippen molar-refractivity contribution in [3.05, 3.63) is 101 Å². The molecule has 0 aliphatic carbocycles. The van der Waals surface area contributed by atoms with Crippen molar-refractivity contribution < 1.29 is 44.2 Å². The van der Waals surface area contributed by atoms with Crippen LogP contribution in [0.3, 0.4) is 0 Å². The van der Waals surface area contributed by atoms with E-state index >= 15 is 0 Å². The summed E-state index contributed by atoms with van der Waals surface area (Å²) in [6.45, 7) is 5.28. The highest BCUT2D eigenvalue weighted by atomic mass is 32.3. The van der Waals surface area contributed by atoms with Crippen LogP contribution in [0.25, 0.3) is 0 Å². The van der Waals surface area contributed by atoms with Crippen LogP contribution in [0.5, 0.6) is 11.5 Å². The van der Waals surface area contributed by atoms with E-state index in [-0.39, 0.29) is 50.4 Å². The quantitative estimate of drug-likeness (QED) is 0.170. The zero-order valence-corrected chi connectivity index (χ0v) is 31.2. The van der Waals surface area contributed by atoms with E-state index in [2.05, 4.69) is 0 Å². The molecule has 0 saturated carbocycles. The Morgan fingerprint density at radius 3 is 1.50 bits per heavy atom. The molecule has 1 aliphatic rings. The molecule has 4 aromatic rings. The van der Waals surface area contributed by atoms with Crippen LogP contribution in [-0.2, 0) is 39.5 Å². The Balaban J connectivity index is 1.97. The molecular weight excluding hydrogens is 705 g/mol. The van der Waals surface area contributed by atoms with E-state index in [1.807, 2.05) is 6.92 Å². The predicted molar refractivity (Wildman–Crippen MR) is 190 cm³/mol. The fraction of sp³-hybridized carbons (Fsp3) is 0.314. The molecule has 0 bridgehead atoms. The number of fused-ring (bicyclic) bond motifs is 1. The van der Waals surface area contributed by atoms with E-state index < -0.39 is 48.0 Å². The predicted octanol–water partition coefficient (Wildman–Crippen LogP) is 5.51. The number of sulfonamides is 3. The third-order valence-electron chi connectivity index (χ3n) is 8.60. The van der Waals surface area contributed by atoms with Gasteiger partial charge in [-0.3, -0.25) is 4.31 Å². The molecule has 0 fully saturated rings. The maximum absolute atomic E-state index is 14.9. The lowest BCUT2D eigenvalue weighted by Crippen LogP contribution is -2.43. The molecule has 1 atom stereocenters. The van der Waals surface area contributed by atoms with Gasteiger partial charge < -0.3 is 18.9 Å². The summed E-state index contributed by atoms with van der Waals surface area (Å²) in [7, 11) is -8.98. The summed E-state index contributed by atoms with van der Waals surface area (Å²) in [4.78, 5) is -0.678. The molecule has 1 unspecified atom stereocenters. The maximum Gasteiger partial charge on any atom is 0.277 e. The number of rotatable bonds is 12. The molecule has 0 spiro atoms. The summed E-state index contributed by atoms with van der Waals surface area (Å²) in [5, 5.41) is 0. The molecule has 12 nitrogen and oxygen atoms in total. The number of aryl methyl sites for hydroxylation is 3. The van der Waals surface area contributed by atoms with Crippen LogP contribution in [0, 0.1) is 20.8 Å². The first-order valence-corrected chi connectivity index (χ1v) is 19.8. The standard InChI is InChI=1S/C35H40N2O10S3/c1-23-8-14-26(15-9-23)48(38,39)36-21-20-29(35(46-6)47-7)32-30(36)22-31(44-4)34(45-5)33(32)37(49(40,41)27-16-10-24(2)11-17-27)50(42,43)28-18-12-25(3)13-19-28/h8-19,22,29,35H,20-21H2,1-7H3. The van der Waals surface area contributed by atoms with Gasteiger partial charge in [-0.25, -0.2) is 25.3 Å². The molecule has 50 heavy (non-hydrogen) atoms. The summed E-state index contributed by atoms with van der Waals surface area (Å²) in [6, 6.07) is 19.1. The van der Waals surface area contributed by atoms with Crippen molar-refractivity contribution in [2.24, 2.45) is 0 Å². The van der Waals surface area contributed by atoms with Crippen molar-refractivity contribution in [1.82, 2.24) is 0 Å². The lowest BCUT2D eigenvalue weighted by Gasteiger charge is -2.40. The summed E-state index contributed by atoms with van der Waals surface area (Å²) >= 11 is 0. The van der Waals surface area contributed by atoms with Gasteiger partial charge in [0, 0.05) is 38.3 Å². The molecule has 0 N–H and O–H groups in total. The number of nitrogens with zero attached hydrogens (tertiary/aromatic N) is 2. The summed E-state index contributed by atoms with van der Waals surface area (Å²) in [5.41, 5.74) is 1.83. The number of anilines is 2. The number of ether oxygens (including phenoxy) is 4. The molecular formula is C35H40N2O10S3. The zero-order valence-electron chi connectivity index (χ0n) is 28.8. The van der Waals surface area contributed by atoms with E-state index in [0.717, 1.165) is 21.0 Å². The first kappa shape index (κ1) is 37.1. The van der Waals surface area contributed by atoms with Gasteiger partial charge in [-0.2, -0.15) is 3.71 Å². The average Bonchev–Trinajstić information content (AvgIpc) is 3.08. The Morgan fingerprint density at radius 1 is 0.660 bits per heavy atom. The SMILES string of the molecule is COc1cc2c(c(N(S(=O)(=O)c3ccc(C)cc3)S(=O)(=O)c3ccc(C)cc3)c1OC)C(C(OC)OC)CCN2S(=O)(=O)c1ccc(C)cc1. The lowest BCUT2D eigenvalue weighted by atomic mass is 9.88. The molecule has 5 rings (SSSR count). The Morgan fingerprint density at radius 2 is 1.10 bits per heavy atom. The van der Waals surface area contributed by atoms with Crippen molar-refractivity contribution in [1.29, 1.82) is 0 Å². The summed E-state index contributed by atoms with van der Waals surface area (Å²) < 4.78 is 112. The van der Waals surface area contributed by atoms with Crippen molar-refractivity contribution in [2.45, 2.75) is 54.1 Å². The van der Waals surface area contributed by atoms with Crippen LogP contribution in [0.4, 0.5) is 11.4 Å². The van der Waals surface area contributed by atoms with Gasteiger partial charge in [0.2, 0.25) is 0 Å². The smallest absolute Gasteiger partial charge is 0.277 e. The first-order valence-electron chi connectivity index (χ1n) is 15.5. The topological polar surface area (TPSA) is 146 Å². The molecule has 0 saturated heterocycles. The highest BCUT2D eigenvalue weighted by Gasteiger charge is 2.47. The highest BCUT2D eigenvalue weighted by Crippen LogP contribution is 2.55. The normalized spacial score (nSPS) is 15.1. The molecule has 15 heteroatoms. The Hall–Kier alpha value is -4.15. The van der Waals surface area contributed by atoms with E-state index in [0.29, 0.717) is 3.71 Å². The Kier molecular flexibility index (Phi) is 10.6. The van der Waals surface area contributed by atoms with E-state index in [4.69, 9.17) is 18.9 Å². The van der Waals surface area contributed by atoms with E-state index in [1.54, 1.807) is 50.2 Å². The molecule has 268 valence electrons. The first-order chi connectivity index (χ1) is 23.6. The van der Waals surface area contributed by atoms with Gasteiger partial charge in [-0.1, -0.05) is 53.1 Å². The van der Waals surface area contributed by atoms with E-state index in [1.165, 1.54) is 70.9 Å². The third kappa shape index (κ3) is 6.55. The Labute approximate surface area is 294 Å². The number of methoxy groups -OCH3 is 4. The fourth-order valence-electron chi connectivity index (χ4n) is 6.02. The molecule has 0 aromatic heterocycles. The minimum atomic E-state index is -4.99. The monoisotopic (exact) mass is 744 g/mol.